The molecule has 1 aliphatic rings. The normalized spacial score (nSPS) is 28.1. The number of alkyl halides is 3. The molecule has 0 aromatic carbocycles. The van der Waals surface area contributed by atoms with Crippen molar-refractivity contribution in [3.63, 3.8) is 0 Å². The van der Waals surface area contributed by atoms with Crippen molar-refractivity contribution in [1.29, 1.82) is 0 Å². The molecule has 1 rings (SSSR count). The van der Waals surface area contributed by atoms with Crippen LogP contribution >= 0.6 is 0 Å². The Morgan fingerprint density at radius 2 is 2.06 bits per heavy atom. The van der Waals surface area contributed by atoms with E-state index in [1.54, 1.807) is 0 Å². The maximum Gasteiger partial charge on any atom is 0.411 e. The summed E-state index contributed by atoms with van der Waals surface area (Å²) in [6, 6.07) is -0.0222. The van der Waals surface area contributed by atoms with Crippen LogP contribution in [0.5, 0.6) is 0 Å². The van der Waals surface area contributed by atoms with E-state index in [0.717, 1.165) is 12.8 Å². The monoisotopic (exact) mass is 253 g/mol. The molecule has 5 heteroatoms. The van der Waals surface area contributed by atoms with Crippen molar-refractivity contribution in [2.75, 3.05) is 13.2 Å². The SMILES string of the molecule is CC1CCCC(C(N)CCOCC(F)(F)F)C1. The number of nitrogens with two attached hydrogens (primary N) is 1. The smallest absolute Gasteiger partial charge is 0.372 e. The first kappa shape index (κ1) is 14.8. The number of hydrogen-bond donors (Lipinski definition) is 1. The Morgan fingerprint density at radius 1 is 1.35 bits per heavy atom. The summed E-state index contributed by atoms with van der Waals surface area (Å²) in [5.74, 6) is 1.14. The summed E-state index contributed by atoms with van der Waals surface area (Å²) in [6.07, 6.45) is 0.916. The van der Waals surface area contributed by atoms with E-state index in [2.05, 4.69) is 11.7 Å². The molecule has 3 unspecified atom stereocenters. The molecule has 102 valence electrons. The van der Waals surface area contributed by atoms with Gasteiger partial charge < -0.3 is 10.5 Å². The van der Waals surface area contributed by atoms with Crippen LogP contribution in [0.15, 0.2) is 0 Å². The molecule has 1 fully saturated rings. The van der Waals surface area contributed by atoms with Crippen LogP contribution in [0.1, 0.15) is 39.0 Å². The number of rotatable bonds is 5. The predicted molar refractivity (Wildman–Crippen MR) is 60.6 cm³/mol. The fourth-order valence-electron chi connectivity index (χ4n) is 2.51. The molecule has 0 aliphatic heterocycles. The maximum absolute atomic E-state index is 11.8. The van der Waals surface area contributed by atoms with E-state index in [4.69, 9.17) is 5.73 Å². The average Bonchev–Trinajstić information content (AvgIpc) is 2.23. The van der Waals surface area contributed by atoms with Crippen LogP contribution in [0.3, 0.4) is 0 Å². The van der Waals surface area contributed by atoms with E-state index in [1.807, 2.05) is 0 Å². The van der Waals surface area contributed by atoms with Crippen LogP contribution in [-0.4, -0.2) is 25.4 Å². The fourth-order valence-corrected chi connectivity index (χ4v) is 2.51. The summed E-state index contributed by atoms with van der Waals surface area (Å²) < 4.78 is 40.1. The van der Waals surface area contributed by atoms with Gasteiger partial charge in [0.25, 0.3) is 0 Å². The van der Waals surface area contributed by atoms with Gasteiger partial charge in [0.15, 0.2) is 0 Å². The molecule has 0 saturated heterocycles. The third kappa shape index (κ3) is 6.27. The lowest BCUT2D eigenvalue weighted by Gasteiger charge is -2.31. The van der Waals surface area contributed by atoms with E-state index in [0.29, 0.717) is 18.3 Å². The Hall–Kier alpha value is -0.290. The van der Waals surface area contributed by atoms with Crippen molar-refractivity contribution in [1.82, 2.24) is 0 Å². The summed E-state index contributed by atoms with van der Waals surface area (Å²) in [5.41, 5.74) is 6.00. The van der Waals surface area contributed by atoms with Crippen LogP contribution < -0.4 is 5.73 Å². The summed E-state index contributed by atoms with van der Waals surface area (Å²) in [7, 11) is 0. The van der Waals surface area contributed by atoms with Gasteiger partial charge in [-0.05, 0) is 31.1 Å². The minimum absolute atomic E-state index is 0.0222. The van der Waals surface area contributed by atoms with Crippen LogP contribution in [0.25, 0.3) is 0 Å². The lowest BCUT2D eigenvalue weighted by molar-refractivity contribution is -0.174. The minimum atomic E-state index is -4.23. The summed E-state index contributed by atoms with van der Waals surface area (Å²) in [6.45, 7) is 1.14. The third-order valence-electron chi connectivity index (χ3n) is 3.44. The van der Waals surface area contributed by atoms with Crippen molar-refractivity contribution in [3.05, 3.63) is 0 Å². The van der Waals surface area contributed by atoms with Gasteiger partial charge in [-0.3, -0.25) is 0 Å². The second-order valence-electron chi connectivity index (χ2n) is 5.15. The molecular formula is C12H22F3NO. The van der Waals surface area contributed by atoms with Crippen molar-refractivity contribution in [2.24, 2.45) is 17.6 Å². The first-order valence-corrected chi connectivity index (χ1v) is 6.28. The Morgan fingerprint density at radius 3 is 2.65 bits per heavy atom. The Labute approximate surface area is 101 Å². The number of hydrogen-bond acceptors (Lipinski definition) is 2. The fraction of sp³-hybridized carbons (Fsp3) is 1.00. The highest BCUT2D eigenvalue weighted by Gasteiger charge is 2.28. The number of ether oxygens (including phenoxy) is 1. The Bertz CT molecular complexity index is 220. The first-order chi connectivity index (χ1) is 7.88. The van der Waals surface area contributed by atoms with Crippen LogP contribution in [0.2, 0.25) is 0 Å². The molecule has 0 aromatic rings. The largest absolute Gasteiger partial charge is 0.411 e. The van der Waals surface area contributed by atoms with Gasteiger partial charge in [0.2, 0.25) is 0 Å². The van der Waals surface area contributed by atoms with Crippen molar-refractivity contribution < 1.29 is 17.9 Å². The summed E-state index contributed by atoms with van der Waals surface area (Å²) >= 11 is 0. The first-order valence-electron chi connectivity index (χ1n) is 6.28. The summed E-state index contributed by atoms with van der Waals surface area (Å²) in [5, 5.41) is 0. The molecule has 0 radical (unpaired) electrons. The van der Waals surface area contributed by atoms with E-state index in [1.165, 1.54) is 12.8 Å². The second kappa shape index (κ2) is 6.59. The Kier molecular flexibility index (Phi) is 5.73. The lowest BCUT2D eigenvalue weighted by atomic mass is 9.78. The van der Waals surface area contributed by atoms with E-state index >= 15 is 0 Å². The summed E-state index contributed by atoms with van der Waals surface area (Å²) in [4.78, 5) is 0. The zero-order valence-corrected chi connectivity index (χ0v) is 10.3. The van der Waals surface area contributed by atoms with Crippen molar-refractivity contribution in [3.8, 4) is 0 Å². The van der Waals surface area contributed by atoms with Crippen LogP contribution in [0.4, 0.5) is 13.2 Å². The molecule has 17 heavy (non-hydrogen) atoms. The van der Waals surface area contributed by atoms with Gasteiger partial charge in [-0.25, -0.2) is 0 Å². The van der Waals surface area contributed by atoms with Gasteiger partial charge in [-0.2, -0.15) is 13.2 Å². The van der Waals surface area contributed by atoms with Gasteiger partial charge in [0, 0.05) is 12.6 Å². The van der Waals surface area contributed by atoms with E-state index in [-0.39, 0.29) is 12.6 Å². The molecule has 0 bridgehead atoms. The maximum atomic E-state index is 11.8. The molecule has 1 saturated carbocycles. The van der Waals surface area contributed by atoms with Gasteiger partial charge >= 0.3 is 6.18 Å². The molecule has 1 aliphatic carbocycles. The molecule has 3 atom stereocenters. The molecular weight excluding hydrogens is 231 g/mol. The topological polar surface area (TPSA) is 35.2 Å². The zero-order valence-electron chi connectivity index (χ0n) is 10.3. The van der Waals surface area contributed by atoms with Crippen molar-refractivity contribution in [2.45, 2.75) is 51.2 Å². The molecule has 0 spiro atoms. The van der Waals surface area contributed by atoms with E-state index < -0.39 is 12.8 Å². The zero-order chi connectivity index (χ0) is 12.9. The van der Waals surface area contributed by atoms with Crippen molar-refractivity contribution >= 4 is 0 Å². The highest BCUT2D eigenvalue weighted by Crippen LogP contribution is 2.31. The minimum Gasteiger partial charge on any atom is -0.372 e. The number of halogens is 3. The van der Waals surface area contributed by atoms with Gasteiger partial charge in [0.05, 0.1) is 0 Å². The van der Waals surface area contributed by atoms with E-state index in [9.17, 15) is 13.2 Å². The highest BCUT2D eigenvalue weighted by molar-refractivity contribution is 4.79. The molecule has 2 nitrogen and oxygen atoms in total. The molecule has 2 N–H and O–H groups in total. The van der Waals surface area contributed by atoms with Crippen LogP contribution in [-0.2, 0) is 4.74 Å². The average molecular weight is 253 g/mol. The second-order valence-corrected chi connectivity index (χ2v) is 5.15. The predicted octanol–water partition coefficient (Wildman–Crippen LogP) is 3.11. The Balaban J connectivity index is 2.14. The molecule has 0 amide bonds. The molecule has 0 aromatic heterocycles. The standard InChI is InChI=1S/C12H22F3NO/c1-9-3-2-4-10(7-9)11(16)5-6-17-8-12(13,14)15/h9-11H,2-8,16H2,1H3. The third-order valence-corrected chi connectivity index (χ3v) is 3.44. The lowest BCUT2D eigenvalue weighted by Crippen LogP contribution is -2.34. The van der Waals surface area contributed by atoms with Gasteiger partial charge in [-0.15, -0.1) is 0 Å². The van der Waals surface area contributed by atoms with Gasteiger partial charge in [0.1, 0.15) is 6.61 Å². The van der Waals surface area contributed by atoms with Crippen LogP contribution in [0, 0.1) is 11.8 Å². The molecule has 0 heterocycles. The van der Waals surface area contributed by atoms with Gasteiger partial charge in [-0.1, -0.05) is 19.8 Å². The quantitative estimate of drug-likeness (QED) is 0.764. The highest BCUT2D eigenvalue weighted by atomic mass is 19.4.